The van der Waals surface area contributed by atoms with Crippen molar-refractivity contribution in [2.24, 2.45) is 5.41 Å². The van der Waals surface area contributed by atoms with Gasteiger partial charge < -0.3 is 20.1 Å². The number of fused-ring (bicyclic) bond motifs is 1. The van der Waals surface area contributed by atoms with Crippen molar-refractivity contribution in [2.45, 2.75) is 45.3 Å². The Balaban J connectivity index is 1.91. The quantitative estimate of drug-likeness (QED) is 0.705. The van der Waals surface area contributed by atoms with E-state index in [9.17, 15) is 15.0 Å². The lowest BCUT2D eigenvalue weighted by Crippen LogP contribution is -2.49. The largest absolute Gasteiger partial charge is 0.394 e. The Morgan fingerprint density at radius 2 is 2.00 bits per heavy atom. The number of rotatable bonds is 5. The minimum atomic E-state index is -1.34. The van der Waals surface area contributed by atoms with Gasteiger partial charge in [0.05, 0.1) is 19.8 Å². The number of ether oxygens (including phenoxy) is 1. The van der Waals surface area contributed by atoms with Gasteiger partial charge in [0.25, 0.3) is 0 Å². The van der Waals surface area contributed by atoms with E-state index in [1.165, 1.54) is 0 Å². The number of hydrogen-bond donors (Lipinski definition) is 3. The average molecular weight is 320 g/mol. The maximum Gasteiger partial charge on any atom is 0.195 e. The van der Waals surface area contributed by atoms with Crippen LogP contribution in [0.5, 0.6) is 0 Å². The minimum absolute atomic E-state index is 0.0474. The zero-order chi connectivity index (χ0) is 17.0. The summed E-state index contributed by atoms with van der Waals surface area (Å²) in [4.78, 5) is 12.8. The zero-order valence-electron chi connectivity index (χ0n) is 13.8. The second kappa shape index (κ2) is 5.38. The molecule has 1 fully saturated rings. The second-order valence-corrected chi connectivity index (χ2v) is 7.05. The fourth-order valence-corrected chi connectivity index (χ4v) is 3.95. The van der Waals surface area contributed by atoms with Gasteiger partial charge in [-0.3, -0.25) is 4.79 Å². The van der Waals surface area contributed by atoms with Crippen LogP contribution in [-0.4, -0.2) is 52.6 Å². The number of carbonyl (C=O) groups excluding carboxylic acids is 1. The second-order valence-electron chi connectivity index (χ2n) is 7.05. The molecule has 0 aromatic carbocycles. The molecule has 1 saturated carbocycles. The molecule has 3 N–H and O–H groups in total. The van der Waals surface area contributed by atoms with Crippen molar-refractivity contribution in [3.8, 4) is 0 Å². The predicted octanol–water partition coefficient (Wildman–Crippen LogP) is 1.04. The van der Waals surface area contributed by atoms with Crippen LogP contribution in [0.1, 0.15) is 33.6 Å². The summed E-state index contributed by atoms with van der Waals surface area (Å²) in [6.07, 6.45) is 2.57. The first-order valence-electron chi connectivity index (χ1n) is 8.03. The van der Waals surface area contributed by atoms with Gasteiger partial charge in [-0.05, 0) is 56.4 Å². The van der Waals surface area contributed by atoms with Gasteiger partial charge in [0.15, 0.2) is 5.78 Å². The lowest BCUT2D eigenvalue weighted by molar-refractivity contribution is -0.137. The molecule has 0 aromatic heterocycles. The Hall–Kier alpha value is -1.27. The molecular weight excluding hydrogens is 296 g/mol. The number of carbonyl (C=O) groups is 1. The summed E-state index contributed by atoms with van der Waals surface area (Å²) in [5, 5.41) is 29.0. The molecule has 2 atom stereocenters. The summed E-state index contributed by atoms with van der Waals surface area (Å²) in [6.45, 7) is 5.54. The van der Waals surface area contributed by atoms with Gasteiger partial charge in [0.1, 0.15) is 11.7 Å². The van der Waals surface area contributed by atoms with Crippen LogP contribution in [0.3, 0.4) is 0 Å². The highest BCUT2D eigenvalue weighted by Crippen LogP contribution is 2.64. The standard InChI is InChI=1S/C18H24O5/c1-10-6-13-15(14(10)9-23-8-12(20)7-19)11(2)18(4-5-18)17(3,22)16(13)21/h6,12,19-20,22H,4-5,7-9H2,1-3H3/t12?,17-/m0/s1. The molecule has 1 spiro atoms. The first-order chi connectivity index (χ1) is 10.8. The van der Waals surface area contributed by atoms with Crippen LogP contribution in [0.4, 0.5) is 0 Å². The summed E-state index contributed by atoms with van der Waals surface area (Å²) < 4.78 is 5.50. The smallest absolute Gasteiger partial charge is 0.195 e. The third-order valence-electron chi connectivity index (χ3n) is 5.64. The monoisotopic (exact) mass is 320 g/mol. The first kappa shape index (κ1) is 16.6. The van der Waals surface area contributed by atoms with Gasteiger partial charge in [0.2, 0.25) is 0 Å². The number of aliphatic hydroxyl groups excluding tert-OH is 2. The molecule has 0 saturated heterocycles. The highest BCUT2D eigenvalue weighted by molar-refractivity contribution is 6.10. The van der Waals surface area contributed by atoms with E-state index in [0.717, 1.165) is 35.1 Å². The molecule has 3 aliphatic carbocycles. The number of ketones is 1. The number of Topliss-reactive ketones (excluding diaryl/α,β-unsaturated/α-hetero) is 1. The highest BCUT2D eigenvalue weighted by Gasteiger charge is 2.65. The Morgan fingerprint density at radius 3 is 2.57 bits per heavy atom. The molecule has 23 heavy (non-hydrogen) atoms. The Morgan fingerprint density at radius 1 is 1.35 bits per heavy atom. The minimum Gasteiger partial charge on any atom is -0.394 e. The van der Waals surface area contributed by atoms with E-state index in [2.05, 4.69) is 0 Å². The van der Waals surface area contributed by atoms with Crippen LogP contribution in [-0.2, 0) is 9.53 Å². The third-order valence-corrected chi connectivity index (χ3v) is 5.64. The maximum atomic E-state index is 12.8. The Labute approximate surface area is 136 Å². The van der Waals surface area contributed by atoms with Gasteiger partial charge in [-0.15, -0.1) is 0 Å². The molecule has 0 amide bonds. The Bertz CT molecular complexity index is 646. The van der Waals surface area contributed by atoms with Crippen molar-refractivity contribution in [3.63, 3.8) is 0 Å². The molecule has 1 unspecified atom stereocenters. The molecule has 0 bridgehead atoms. The summed E-state index contributed by atoms with van der Waals surface area (Å²) >= 11 is 0. The van der Waals surface area contributed by atoms with Crippen LogP contribution in [0.15, 0.2) is 33.9 Å². The maximum absolute atomic E-state index is 12.8. The van der Waals surface area contributed by atoms with Gasteiger partial charge in [-0.25, -0.2) is 0 Å². The summed E-state index contributed by atoms with van der Waals surface area (Å²) in [7, 11) is 0. The number of aliphatic hydroxyl groups is 3. The van der Waals surface area contributed by atoms with E-state index in [1.54, 1.807) is 6.92 Å². The summed E-state index contributed by atoms with van der Waals surface area (Å²) in [6, 6.07) is 0. The highest BCUT2D eigenvalue weighted by atomic mass is 16.5. The van der Waals surface area contributed by atoms with E-state index in [-0.39, 0.29) is 25.6 Å². The molecule has 0 heterocycles. The van der Waals surface area contributed by atoms with E-state index >= 15 is 0 Å². The van der Waals surface area contributed by atoms with Gasteiger partial charge in [-0.1, -0.05) is 5.57 Å². The summed E-state index contributed by atoms with van der Waals surface area (Å²) in [5.41, 5.74) is 2.67. The van der Waals surface area contributed by atoms with Gasteiger partial charge >= 0.3 is 0 Å². The zero-order valence-corrected chi connectivity index (χ0v) is 13.8. The van der Waals surface area contributed by atoms with Crippen molar-refractivity contribution < 1.29 is 24.9 Å². The molecule has 5 heteroatoms. The third kappa shape index (κ3) is 2.26. The summed E-state index contributed by atoms with van der Waals surface area (Å²) in [5.74, 6) is -0.208. The van der Waals surface area contributed by atoms with Gasteiger partial charge in [0, 0.05) is 11.0 Å². The van der Waals surface area contributed by atoms with Crippen molar-refractivity contribution in [1.29, 1.82) is 0 Å². The molecule has 0 aromatic rings. The number of hydrogen-bond acceptors (Lipinski definition) is 5. The van der Waals surface area contributed by atoms with Crippen LogP contribution < -0.4 is 0 Å². The normalized spacial score (nSPS) is 30.0. The van der Waals surface area contributed by atoms with Crippen LogP contribution in [0.2, 0.25) is 0 Å². The van der Waals surface area contributed by atoms with Crippen molar-refractivity contribution in [3.05, 3.63) is 33.9 Å². The van der Waals surface area contributed by atoms with Gasteiger partial charge in [-0.2, -0.15) is 0 Å². The Kier molecular flexibility index (Phi) is 3.88. The van der Waals surface area contributed by atoms with Crippen LogP contribution in [0.25, 0.3) is 0 Å². The lowest BCUT2D eigenvalue weighted by Gasteiger charge is -2.39. The van der Waals surface area contributed by atoms with Crippen molar-refractivity contribution >= 4 is 5.78 Å². The molecule has 0 radical (unpaired) electrons. The van der Waals surface area contributed by atoms with E-state index in [1.807, 2.05) is 19.9 Å². The van der Waals surface area contributed by atoms with Crippen molar-refractivity contribution in [1.82, 2.24) is 0 Å². The predicted molar refractivity (Wildman–Crippen MR) is 84.7 cm³/mol. The molecule has 5 nitrogen and oxygen atoms in total. The van der Waals surface area contributed by atoms with E-state index in [4.69, 9.17) is 9.84 Å². The molecular formula is C18H24O5. The van der Waals surface area contributed by atoms with Crippen molar-refractivity contribution in [2.75, 3.05) is 19.8 Å². The topological polar surface area (TPSA) is 87.0 Å². The fourth-order valence-electron chi connectivity index (χ4n) is 3.95. The average Bonchev–Trinajstić information content (AvgIpc) is 3.26. The number of allylic oxidation sites excluding steroid dienone is 2. The molecule has 126 valence electrons. The lowest BCUT2D eigenvalue weighted by atomic mass is 9.67. The first-order valence-corrected chi connectivity index (χ1v) is 8.03. The van der Waals surface area contributed by atoms with E-state index in [0.29, 0.717) is 5.57 Å². The van der Waals surface area contributed by atoms with Crippen LogP contribution >= 0.6 is 0 Å². The SMILES string of the molecule is CC1=C(COCC(O)CO)C2=C(C)C3(CC3)[C@@](C)(O)C(=O)C2=C1. The molecule has 3 aliphatic rings. The molecule has 0 aliphatic heterocycles. The van der Waals surface area contributed by atoms with E-state index < -0.39 is 17.1 Å². The van der Waals surface area contributed by atoms with Crippen LogP contribution in [0, 0.1) is 5.41 Å². The molecule has 3 rings (SSSR count). The fraction of sp³-hybridized carbons (Fsp3) is 0.611.